The van der Waals surface area contributed by atoms with E-state index in [4.69, 9.17) is 11.6 Å². The van der Waals surface area contributed by atoms with Gasteiger partial charge in [-0.1, -0.05) is 17.7 Å². The van der Waals surface area contributed by atoms with E-state index in [0.29, 0.717) is 22.5 Å². The first kappa shape index (κ1) is 19.5. The fourth-order valence-corrected chi connectivity index (χ4v) is 2.88. The molecule has 5 nitrogen and oxygen atoms in total. The van der Waals surface area contributed by atoms with E-state index in [9.17, 15) is 18.8 Å². The van der Waals surface area contributed by atoms with Crippen LogP contribution in [0.5, 0.6) is 0 Å². The van der Waals surface area contributed by atoms with Gasteiger partial charge in [0.1, 0.15) is 17.7 Å². The van der Waals surface area contributed by atoms with Gasteiger partial charge in [-0.05, 0) is 44.2 Å². The Morgan fingerprint density at radius 1 is 1.21 bits per heavy atom. The fraction of sp³-hybridized carbons (Fsp3) is 0.150. The molecule has 1 N–H and O–H groups in total. The number of aryl methyl sites for hydroxylation is 1. The van der Waals surface area contributed by atoms with E-state index in [0.717, 1.165) is 17.8 Å². The normalized spacial score (nSPS) is 11.7. The Bertz CT molecular complexity index is 1090. The molecular weight excluding hydrogens is 386 g/mol. The van der Waals surface area contributed by atoms with Crippen LogP contribution in [0.15, 0.2) is 42.5 Å². The number of benzene rings is 2. The number of amides is 1. The Balaban J connectivity index is 1.81. The lowest BCUT2D eigenvalue weighted by Gasteiger charge is -2.13. The summed E-state index contributed by atoms with van der Waals surface area (Å²) in [7, 11) is 0. The van der Waals surface area contributed by atoms with Gasteiger partial charge in [-0.15, -0.1) is 0 Å². The van der Waals surface area contributed by atoms with Crippen LogP contribution in [0.1, 0.15) is 33.4 Å². The zero-order valence-corrected chi connectivity index (χ0v) is 15.8. The SMILES string of the molecule is Cc1nn(-c2ccc(C(=O)NC(C#N)c3ccc(F)cc3F)cc2)c(C)c1Cl. The van der Waals surface area contributed by atoms with Gasteiger partial charge in [0.15, 0.2) is 0 Å². The standard InChI is InChI=1S/C20H15ClF2N4O/c1-11-19(21)12(2)27(26-11)15-6-3-13(4-7-15)20(28)25-18(10-24)16-8-5-14(22)9-17(16)23/h3-9,18H,1-2H3,(H,25,28). The van der Waals surface area contributed by atoms with Crippen molar-refractivity contribution in [2.24, 2.45) is 0 Å². The molecule has 0 spiro atoms. The number of nitriles is 1. The van der Waals surface area contributed by atoms with E-state index >= 15 is 0 Å². The van der Waals surface area contributed by atoms with Gasteiger partial charge in [0.25, 0.3) is 5.91 Å². The summed E-state index contributed by atoms with van der Waals surface area (Å²) in [5.41, 5.74) is 2.35. The minimum absolute atomic E-state index is 0.105. The van der Waals surface area contributed by atoms with Crippen LogP contribution in [-0.2, 0) is 0 Å². The van der Waals surface area contributed by atoms with Gasteiger partial charge in [-0.25, -0.2) is 13.5 Å². The highest BCUT2D eigenvalue weighted by Gasteiger charge is 2.19. The number of hydrogen-bond acceptors (Lipinski definition) is 3. The van der Waals surface area contributed by atoms with Crippen molar-refractivity contribution in [2.75, 3.05) is 0 Å². The number of nitrogens with one attached hydrogen (secondary N) is 1. The Morgan fingerprint density at radius 2 is 1.89 bits per heavy atom. The smallest absolute Gasteiger partial charge is 0.252 e. The maximum atomic E-state index is 13.9. The van der Waals surface area contributed by atoms with Crippen molar-refractivity contribution >= 4 is 17.5 Å². The highest BCUT2D eigenvalue weighted by atomic mass is 35.5. The van der Waals surface area contributed by atoms with Crippen LogP contribution >= 0.6 is 11.6 Å². The minimum Gasteiger partial charge on any atom is -0.332 e. The van der Waals surface area contributed by atoms with Crippen LogP contribution in [0.25, 0.3) is 5.69 Å². The van der Waals surface area contributed by atoms with Crippen LogP contribution < -0.4 is 5.32 Å². The molecule has 0 radical (unpaired) electrons. The number of nitrogens with zero attached hydrogens (tertiary/aromatic N) is 3. The molecule has 3 aromatic rings. The molecule has 8 heteroatoms. The predicted molar refractivity (Wildman–Crippen MR) is 100 cm³/mol. The molecule has 28 heavy (non-hydrogen) atoms. The van der Waals surface area contributed by atoms with Crippen LogP contribution in [-0.4, -0.2) is 15.7 Å². The minimum atomic E-state index is -1.25. The third kappa shape index (κ3) is 3.73. The Kier molecular flexibility index (Phi) is 5.43. The Labute approximate surface area is 165 Å². The molecule has 3 rings (SSSR count). The Hall–Kier alpha value is -3.24. The maximum absolute atomic E-state index is 13.9. The van der Waals surface area contributed by atoms with Gasteiger partial charge in [0.05, 0.1) is 28.2 Å². The quantitative estimate of drug-likeness (QED) is 0.704. The lowest BCUT2D eigenvalue weighted by Crippen LogP contribution is -2.28. The zero-order chi connectivity index (χ0) is 20.4. The summed E-state index contributed by atoms with van der Waals surface area (Å²) >= 11 is 6.15. The first-order chi connectivity index (χ1) is 13.3. The fourth-order valence-electron chi connectivity index (χ4n) is 2.76. The molecule has 1 atom stereocenters. The van der Waals surface area contributed by atoms with Gasteiger partial charge in [0.2, 0.25) is 0 Å². The van der Waals surface area contributed by atoms with Gasteiger partial charge in [0, 0.05) is 17.2 Å². The second-order valence-corrected chi connectivity index (χ2v) is 6.52. The van der Waals surface area contributed by atoms with Crippen molar-refractivity contribution in [2.45, 2.75) is 19.9 Å². The largest absolute Gasteiger partial charge is 0.332 e. The van der Waals surface area contributed by atoms with Gasteiger partial charge in [-0.3, -0.25) is 4.79 Å². The predicted octanol–water partition coefficient (Wildman–Crippen LogP) is 4.42. The molecule has 1 amide bonds. The van der Waals surface area contributed by atoms with Gasteiger partial charge in [-0.2, -0.15) is 10.4 Å². The number of hydrogen-bond donors (Lipinski definition) is 1. The summed E-state index contributed by atoms with van der Waals surface area (Å²) < 4.78 is 28.6. The number of halogens is 3. The van der Waals surface area contributed by atoms with Gasteiger partial charge < -0.3 is 5.32 Å². The maximum Gasteiger partial charge on any atom is 0.252 e. The first-order valence-corrected chi connectivity index (χ1v) is 8.67. The highest BCUT2D eigenvalue weighted by molar-refractivity contribution is 6.31. The van der Waals surface area contributed by atoms with Crippen LogP contribution in [0.4, 0.5) is 8.78 Å². The third-order valence-corrected chi connectivity index (χ3v) is 4.80. The first-order valence-electron chi connectivity index (χ1n) is 8.29. The topological polar surface area (TPSA) is 70.7 Å². The summed E-state index contributed by atoms with van der Waals surface area (Å²) in [6, 6.07) is 9.88. The average Bonchev–Trinajstić information content (AvgIpc) is 2.94. The molecule has 1 heterocycles. The molecule has 0 saturated heterocycles. The zero-order valence-electron chi connectivity index (χ0n) is 15.0. The Morgan fingerprint density at radius 3 is 2.43 bits per heavy atom. The number of rotatable bonds is 4. The molecule has 2 aromatic carbocycles. The van der Waals surface area contributed by atoms with E-state index in [1.807, 2.05) is 13.0 Å². The average molecular weight is 401 g/mol. The van der Waals surface area contributed by atoms with Crippen molar-refractivity contribution in [3.8, 4) is 11.8 Å². The highest BCUT2D eigenvalue weighted by Crippen LogP contribution is 2.23. The summed E-state index contributed by atoms with van der Waals surface area (Å²) in [6.45, 7) is 3.63. The molecule has 1 aromatic heterocycles. The van der Waals surface area contributed by atoms with Crippen molar-refractivity contribution in [3.63, 3.8) is 0 Å². The van der Waals surface area contributed by atoms with Gasteiger partial charge >= 0.3 is 0 Å². The second-order valence-electron chi connectivity index (χ2n) is 6.14. The molecule has 0 aliphatic heterocycles. The van der Waals surface area contributed by atoms with Crippen molar-refractivity contribution in [1.29, 1.82) is 5.26 Å². The van der Waals surface area contributed by atoms with Crippen LogP contribution in [0, 0.1) is 36.8 Å². The molecule has 142 valence electrons. The van der Waals surface area contributed by atoms with Crippen molar-refractivity contribution in [3.05, 3.63) is 81.6 Å². The van der Waals surface area contributed by atoms with Crippen molar-refractivity contribution < 1.29 is 13.6 Å². The molecule has 0 bridgehead atoms. The van der Waals surface area contributed by atoms with E-state index in [1.54, 1.807) is 35.9 Å². The lowest BCUT2D eigenvalue weighted by molar-refractivity contribution is 0.0944. The molecule has 0 aliphatic carbocycles. The summed E-state index contributed by atoms with van der Waals surface area (Å²) in [5.74, 6) is -2.22. The molecule has 1 unspecified atom stereocenters. The number of carbonyl (C=O) groups excluding carboxylic acids is 1. The van der Waals surface area contributed by atoms with E-state index in [1.165, 1.54) is 0 Å². The second kappa shape index (κ2) is 7.79. The summed E-state index contributed by atoms with van der Waals surface area (Å²) in [5, 5.41) is 16.6. The van der Waals surface area contributed by atoms with Crippen LogP contribution in [0.2, 0.25) is 5.02 Å². The monoisotopic (exact) mass is 400 g/mol. The van der Waals surface area contributed by atoms with E-state index < -0.39 is 23.6 Å². The molecule has 0 aliphatic rings. The summed E-state index contributed by atoms with van der Waals surface area (Å²) in [6.07, 6.45) is 0. The third-order valence-electron chi connectivity index (χ3n) is 4.26. The van der Waals surface area contributed by atoms with E-state index in [2.05, 4.69) is 10.4 Å². The van der Waals surface area contributed by atoms with Crippen molar-refractivity contribution in [1.82, 2.24) is 15.1 Å². The van der Waals surface area contributed by atoms with E-state index in [-0.39, 0.29) is 11.1 Å². The lowest BCUT2D eigenvalue weighted by atomic mass is 10.1. The number of carbonyl (C=O) groups is 1. The van der Waals surface area contributed by atoms with Crippen LogP contribution in [0.3, 0.4) is 0 Å². The summed E-state index contributed by atoms with van der Waals surface area (Å²) in [4.78, 5) is 12.4. The number of aromatic nitrogens is 2. The molecule has 0 saturated carbocycles. The molecular formula is C20H15ClF2N4O. The molecule has 0 fully saturated rings.